The Labute approximate surface area is 116 Å². The van der Waals surface area contributed by atoms with E-state index in [1.54, 1.807) is 0 Å². The summed E-state index contributed by atoms with van der Waals surface area (Å²) in [5, 5.41) is 3.44. The van der Waals surface area contributed by atoms with Gasteiger partial charge >= 0.3 is 0 Å². The number of fused-ring (bicyclic) bond motifs is 1. The molecule has 0 aromatic heterocycles. The van der Waals surface area contributed by atoms with Crippen LogP contribution in [0.4, 0.5) is 5.69 Å². The molecule has 0 bridgehead atoms. The predicted octanol–water partition coefficient (Wildman–Crippen LogP) is 4.25. The van der Waals surface area contributed by atoms with Crippen molar-refractivity contribution < 1.29 is 4.74 Å². The van der Waals surface area contributed by atoms with Gasteiger partial charge < -0.3 is 10.1 Å². The van der Waals surface area contributed by atoms with E-state index in [0.29, 0.717) is 0 Å². The van der Waals surface area contributed by atoms with Crippen LogP contribution < -0.4 is 10.1 Å². The Kier molecular flexibility index (Phi) is 3.95. The largest absolute Gasteiger partial charge is 0.493 e. The summed E-state index contributed by atoms with van der Waals surface area (Å²) >= 11 is 0. The number of anilines is 1. The Balaban J connectivity index is 1.55. The van der Waals surface area contributed by atoms with Crippen molar-refractivity contribution in [1.29, 1.82) is 0 Å². The van der Waals surface area contributed by atoms with E-state index >= 15 is 0 Å². The lowest BCUT2D eigenvalue weighted by Gasteiger charge is -2.26. The molecule has 0 atom stereocenters. The first kappa shape index (κ1) is 12.8. The molecule has 2 aliphatic rings. The van der Waals surface area contributed by atoms with Crippen LogP contribution in [0.5, 0.6) is 5.75 Å². The molecule has 1 aliphatic heterocycles. The third-order valence-electron chi connectivity index (χ3n) is 4.64. The molecule has 0 spiro atoms. The van der Waals surface area contributed by atoms with Gasteiger partial charge in [-0.1, -0.05) is 19.8 Å². The highest BCUT2D eigenvalue weighted by Gasteiger charge is 2.19. The maximum Gasteiger partial charge on any atom is 0.119 e. The lowest BCUT2D eigenvalue weighted by Crippen LogP contribution is -2.19. The van der Waals surface area contributed by atoms with Crippen LogP contribution in [0.3, 0.4) is 0 Å². The topological polar surface area (TPSA) is 21.3 Å². The van der Waals surface area contributed by atoms with Gasteiger partial charge in [0.05, 0.1) is 6.61 Å². The van der Waals surface area contributed by atoms with Crippen molar-refractivity contribution in [3.8, 4) is 5.75 Å². The van der Waals surface area contributed by atoms with E-state index in [1.165, 1.54) is 49.8 Å². The zero-order chi connectivity index (χ0) is 13.1. The van der Waals surface area contributed by atoms with Gasteiger partial charge in [0.1, 0.15) is 5.75 Å². The Morgan fingerprint density at radius 3 is 2.89 bits per heavy atom. The van der Waals surface area contributed by atoms with Gasteiger partial charge in [-0.3, -0.25) is 0 Å². The van der Waals surface area contributed by atoms with Gasteiger partial charge in [-0.05, 0) is 61.3 Å². The van der Waals surface area contributed by atoms with E-state index in [9.17, 15) is 0 Å². The molecule has 1 fully saturated rings. The molecule has 3 rings (SSSR count). The number of hydrogen-bond donors (Lipinski definition) is 1. The molecule has 1 aromatic carbocycles. The van der Waals surface area contributed by atoms with Crippen LogP contribution in [-0.4, -0.2) is 13.2 Å². The summed E-state index contributed by atoms with van der Waals surface area (Å²) in [6.07, 6.45) is 7.85. The Bertz CT molecular complexity index is 421. The maximum atomic E-state index is 6.02. The van der Waals surface area contributed by atoms with Gasteiger partial charge in [0.2, 0.25) is 0 Å². The molecule has 1 saturated carbocycles. The minimum absolute atomic E-state index is 0.769. The number of hydrogen-bond acceptors (Lipinski definition) is 2. The Hall–Kier alpha value is -1.18. The number of ether oxygens (including phenoxy) is 1. The molecule has 2 heteroatoms. The summed E-state index contributed by atoms with van der Waals surface area (Å²) in [5.41, 5.74) is 2.71. The minimum atomic E-state index is 0.769. The molecule has 1 aliphatic carbocycles. The summed E-state index contributed by atoms with van der Waals surface area (Å²) < 4.78 is 6.02. The summed E-state index contributed by atoms with van der Waals surface area (Å²) in [6, 6.07) is 6.52. The van der Waals surface area contributed by atoms with Gasteiger partial charge in [-0.25, -0.2) is 0 Å². The molecule has 104 valence electrons. The second-order valence-corrected chi connectivity index (χ2v) is 6.29. The molecule has 1 N–H and O–H groups in total. The van der Waals surface area contributed by atoms with E-state index in [2.05, 4.69) is 30.4 Å². The molecule has 19 heavy (non-hydrogen) atoms. The Morgan fingerprint density at radius 2 is 2.05 bits per heavy atom. The second-order valence-electron chi connectivity index (χ2n) is 6.29. The third-order valence-corrected chi connectivity index (χ3v) is 4.64. The highest BCUT2D eigenvalue weighted by atomic mass is 16.5. The van der Waals surface area contributed by atoms with Crippen molar-refractivity contribution in [2.45, 2.75) is 45.4 Å². The monoisotopic (exact) mass is 259 g/mol. The van der Waals surface area contributed by atoms with Crippen molar-refractivity contribution in [3.05, 3.63) is 23.8 Å². The molecule has 0 radical (unpaired) electrons. The van der Waals surface area contributed by atoms with Crippen LogP contribution in [0.25, 0.3) is 0 Å². The van der Waals surface area contributed by atoms with Crippen LogP contribution >= 0.6 is 0 Å². The zero-order valence-corrected chi connectivity index (χ0v) is 12.0. The van der Waals surface area contributed by atoms with E-state index in [0.717, 1.165) is 30.7 Å². The number of aryl methyl sites for hydroxylation is 1. The normalized spacial score (nSPS) is 26.4. The van der Waals surface area contributed by atoms with Gasteiger partial charge in [0, 0.05) is 12.2 Å². The molecular weight excluding hydrogens is 234 g/mol. The number of nitrogens with one attached hydrogen (secondary N) is 1. The third kappa shape index (κ3) is 3.23. The first-order chi connectivity index (χ1) is 9.31. The molecule has 0 unspecified atom stereocenters. The number of benzene rings is 1. The van der Waals surface area contributed by atoms with Crippen molar-refractivity contribution >= 4 is 5.69 Å². The summed E-state index contributed by atoms with van der Waals surface area (Å²) in [6.45, 7) is 4.37. The summed E-state index contributed by atoms with van der Waals surface area (Å²) in [7, 11) is 0. The molecular formula is C17H25NO. The van der Waals surface area contributed by atoms with Gasteiger partial charge in [0.15, 0.2) is 0 Å². The van der Waals surface area contributed by atoms with Crippen LogP contribution in [0.15, 0.2) is 18.2 Å². The quantitative estimate of drug-likeness (QED) is 0.876. The fourth-order valence-corrected chi connectivity index (χ4v) is 3.25. The molecule has 1 heterocycles. The second kappa shape index (κ2) is 5.85. The molecule has 1 aromatic rings. The molecule has 0 saturated heterocycles. The van der Waals surface area contributed by atoms with Crippen LogP contribution in [0.2, 0.25) is 0 Å². The molecule has 2 nitrogen and oxygen atoms in total. The summed E-state index contributed by atoms with van der Waals surface area (Å²) in [5.74, 6) is 2.75. The fourth-order valence-electron chi connectivity index (χ4n) is 3.25. The highest BCUT2D eigenvalue weighted by Crippen LogP contribution is 2.30. The first-order valence-corrected chi connectivity index (χ1v) is 7.81. The number of rotatable bonds is 3. The first-order valence-electron chi connectivity index (χ1n) is 7.81. The highest BCUT2D eigenvalue weighted by molar-refractivity contribution is 5.55. The fraction of sp³-hybridized carbons (Fsp3) is 0.647. The zero-order valence-electron chi connectivity index (χ0n) is 12.0. The van der Waals surface area contributed by atoms with Gasteiger partial charge in [-0.2, -0.15) is 0 Å². The standard InChI is InChI=1S/C17H25NO/c1-13-4-6-14(7-5-13)12-19-16-8-9-17-15(11-16)3-2-10-18-17/h8-9,11,13-14,18H,2-7,10,12H2,1H3. The van der Waals surface area contributed by atoms with Crippen LogP contribution in [-0.2, 0) is 6.42 Å². The van der Waals surface area contributed by atoms with Crippen LogP contribution in [0.1, 0.15) is 44.6 Å². The smallest absolute Gasteiger partial charge is 0.119 e. The summed E-state index contributed by atoms with van der Waals surface area (Å²) in [4.78, 5) is 0. The van der Waals surface area contributed by atoms with E-state index in [4.69, 9.17) is 4.74 Å². The Morgan fingerprint density at radius 1 is 1.21 bits per heavy atom. The van der Waals surface area contributed by atoms with Crippen molar-refractivity contribution in [1.82, 2.24) is 0 Å². The molecule has 0 amide bonds. The lowest BCUT2D eigenvalue weighted by atomic mass is 9.83. The van der Waals surface area contributed by atoms with Gasteiger partial charge in [0.25, 0.3) is 0 Å². The van der Waals surface area contributed by atoms with Gasteiger partial charge in [-0.15, -0.1) is 0 Å². The van der Waals surface area contributed by atoms with Crippen molar-refractivity contribution in [3.63, 3.8) is 0 Å². The SMILES string of the molecule is CC1CCC(COc2ccc3c(c2)CCCN3)CC1. The van der Waals surface area contributed by atoms with E-state index < -0.39 is 0 Å². The minimum Gasteiger partial charge on any atom is -0.493 e. The van der Waals surface area contributed by atoms with E-state index in [1.807, 2.05) is 0 Å². The van der Waals surface area contributed by atoms with Crippen molar-refractivity contribution in [2.75, 3.05) is 18.5 Å². The maximum absolute atomic E-state index is 6.02. The van der Waals surface area contributed by atoms with E-state index in [-0.39, 0.29) is 0 Å². The lowest BCUT2D eigenvalue weighted by molar-refractivity contribution is 0.188. The average Bonchev–Trinajstić information content (AvgIpc) is 2.46. The van der Waals surface area contributed by atoms with Crippen molar-refractivity contribution in [2.24, 2.45) is 11.8 Å². The average molecular weight is 259 g/mol. The van der Waals surface area contributed by atoms with Crippen LogP contribution in [0, 0.1) is 11.8 Å². The predicted molar refractivity (Wildman–Crippen MR) is 79.9 cm³/mol.